The summed E-state index contributed by atoms with van der Waals surface area (Å²) in [6.07, 6.45) is 5.41. The molecular formula is C21H28FN5O2. The number of rotatable bonds is 7. The van der Waals surface area contributed by atoms with Gasteiger partial charge in [0.15, 0.2) is 6.61 Å². The van der Waals surface area contributed by atoms with E-state index in [9.17, 15) is 9.18 Å². The average molecular weight is 401 g/mol. The molecule has 0 spiro atoms. The third kappa shape index (κ3) is 6.04. The van der Waals surface area contributed by atoms with Crippen LogP contribution in [0.2, 0.25) is 0 Å². The molecule has 1 saturated carbocycles. The minimum Gasteiger partial charge on any atom is -0.484 e. The van der Waals surface area contributed by atoms with Crippen LogP contribution in [0.15, 0.2) is 30.5 Å². The lowest BCUT2D eigenvalue weighted by atomic mass is 9.91. The largest absolute Gasteiger partial charge is 0.484 e. The van der Waals surface area contributed by atoms with E-state index in [1.165, 1.54) is 12.1 Å². The maximum Gasteiger partial charge on any atom is 0.258 e. The lowest BCUT2D eigenvalue weighted by Gasteiger charge is -2.30. The molecule has 0 atom stereocenters. The van der Waals surface area contributed by atoms with Gasteiger partial charge in [0.2, 0.25) is 5.95 Å². The molecule has 1 heterocycles. The summed E-state index contributed by atoms with van der Waals surface area (Å²) in [7, 11) is 3.93. The molecule has 1 amide bonds. The standard InChI is InChI=1S/C21H28FN5O2/c1-14-12-23-21(26-20(14)27(2)3)25-17-9-7-16(8-10-17)24-19(28)13-29-18-6-4-5-15(22)11-18/h4-6,11-12,16-17H,7-10,13H2,1-3H3,(H,24,28)(H,23,25,26)/t16-,17+. The van der Waals surface area contributed by atoms with Crippen LogP contribution in [-0.2, 0) is 4.79 Å². The van der Waals surface area contributed by atoms with Crippen LogP contribution in [0.4, 0.5) is 16.2 Å². The molecule has 0 bridgehead atoms. The van der Waals surface area contributed by atoms with Gasteiger partial charge < -0.3 is 20.3 Å². The van der Waals surface area contributed by atoms with Crippen LogP contribution in [0.5, 0.6) is 5.75 Å². The zero-order chi connectivity index (χ0) is 20.8. The number of aryl methyl sites for hydroxylation is 1. The summed E-state index contributed by atoms with van der Waals surface area (Å²) in [6.45, 7) is 1.87. The van der Waals surface area contributed by atoms with Crippen LogP contribution in [-0.4, -0.2) is 48.7 Å². The van der Waals surface area contributed by atoms with Crippen LogP contribution in [0.1, 0.15) is 31.2 Å². The van der Waals surface area contributed by atoms with Gasteiger partial charge in [0, 0.05) is 44.0 Å². The van der Waals surface area contributed by atoms with Crippen LogP contribution >= 0.6 is 0 Å². The minimum absolute atomic E-state index is 0.118. The molecule has 1 aromatic carbocycles. The first kappa shape index (κ1) is 20.8. The number of carbonyl (C=O) groups excluding carboxylic acids is 1. The van der Waals surface area contributed by atoms with Gasteiger partial charge in [-0.1, -0.05) is 6.07 Å². The highest BCUT2D eigenvalue weighted by molar-refractivity contribution is 5.77. The predicted molar refractivity (Wildman–Crippen MR) is 111 cm³/mol. The summed E-state index contributed by atoms with van der Waals surface area (Å²) in [5.74, 6) is 1.31. The summed E-state index contributed by atoms with van der Waals surface area (Å²) in [5.41, 5.74) is 1.03. The van der Waals surface area contributed by atoms with E-state index >= 15 is 0 Å². The summed E-state index contributed by atoms with van der Waals surface area (Å²) < 4.78 is 18.5. The normalized spacial score (nSPS) is 18.8. The maximum absolute atomic E-state index is 13.1. The molecule has 1 aliphatic carbocycles. The summed E-state index contributed by atoms with van der Waals surface area (Å²) >= 11 is 0. The zero-order valence-electron chi connectivity index (χ0n) is 17.1. The Labute approximate surface area is 170 Å². The van der Waals surface area contributed by atoms with Crippen molar-refractivity contribution in [3.05, 3.63) is 41.8 Å². The molecular weight excluding hydrogens is 373 g/mol. The summed E-state index contributed by atoms with van der Waals surface area (Å²) in [5, 5.41) is 6.40. The first-order valence-electron chi connectivity index (χ1n) is 9.86. The molecule has 3 rings (SSSR count). The number of amides is 1. The van der Waals surface area contributed by atoms with Gasteiger partial charge in [-0.15, -0.1) is 0 Å². The molecule has 8 heteroatoms. The maximum atomic E-state index is 13.1. The molecule has 156 valence electrons. The first-order valence-corrected chi connectivity index (χ1v) is 9.86. The molecule has 0 radical (unpaired) electrons. The van der Waals surface area contributed by atoms with Crippen molar-refractivity contribution in [2.24, 2.45) is 0 Å². The number of carbonyl (C=O) groups is 1. The number of aromatic nitrogens is 2. The van der Waals surface area contributed by atoms with Crippen molar-refractivity contribution in [2.75, 3.05) is 30.9 Å². The minimum atomic E-state index is -0.385. The molecule has 1 aliphatic rings. The Hall–Kier alpha value is -2.90. The second kappa shape index (κ2) is 9.54. The van der Waals surface area contributed by atoms with E-state index in [-0.39, 0.29) is 30.4 Å². The smallest absolute Gasteiger partial charge is 0.258 e. The van der Waals surface area contributed by atoms with Crippen molar-refractivity contribution in [1.29, 1.82) is 0 Å². The number of ether oxygens (including phenoxy) is 1. The Balaban J connectivity index is 1.42. The van der Waals surface area contributed by atoms with Crippen LogP contribution < -0.4 is 20.3 Å². The van der Waals surface area contributed by atoms with Gasteiger partial charge in [0.05, 0.1) is 0 Å². The molecule has 1 aromatic heterocycles. The van der Waals surface area contributed by atoms with E-state index in [1.807, 2.05) is 32.1 Å². The van der Waals surface area contributed by atoms with E-state index in [0.29, 0.717) is 11.7 Å². The van der Waals surface area contributed by atoms with E-state index in [0.717, 1.165) is 37.1 Å². The van der Waals surface area contributed by atoms with Crippen LogP contribution in [0, 0.1) is 12.7 Å². The molecule has 7 nitrogen and oxygen atoms in total. The average Bonchev–Trinajstić information content (AvgIpc) is 2.69. The number of nitrogens with one attached hydrogen (secondary N) is 2. The highest BCUT2D eigenvalue weighted by Gasteiger charge is 2.23. The molecule has 2 aromatic rings. The third-order valence-electron chi connectivity index (χ3n) is 4.96. The number of hydrogen-bond donors (Lipinski definition) is 2. The van der Waals surface area contributed by atoms with E-state index in [4.69, 9.17) is 4.74 Å². The predicted octanol–water partition coefficient (Wildman–Crippen LogP) is 2.91. The molecule has 0 aliphatic heterocycles. The van der Waals surface area contributed by atoms with Gasteiger partial charge in [0.1, 0.15) is 17.4 Å². The van der Waals surface area contributed by atoms with Crippen molar-refractivity contribution in [3.63, 3.8) is 0 Å². The zero-order valence-corrected chi connectivity index (χ0v) is 17.1. The fourth-order valence-electron chi connectivity index (χ4n) is 3.49. The first-order chi connectivity index (χ1) is 13.9. The molecule has 29 heavy (non-hydrogen) atoms. The third-order valence-corrected chi connectivity index (χ3v) is 4.96. The fraction of sp³-hybridized carbons (Fsp3) is 0.476. The number of halogens is 1. The lowest BCUT2D eigenvalue weighted by molar-refractivity contribution is -0.124. The quantitative estimate of drug-likeness (QED) is 0.743. The summed E-state index contributed by atoms with van der Waals surface area (Å²) in [4.78, 5) is 23.0. The Bertz CT molecular complexity index is 838. The Morgan fingerprint density at radius 2 is 1.97 bits per heavy atom. The van der Waals surface area contributed by atoms with Crippen molar-refractivity contribution in [2.45, 2.75) is 44.7 Å². The molecule has 0 saturated heterocycles. The van der Waals surface area contributed by atoms with Crippen molar-refractivity contribution >= 4 is 17.7 Å². The lowest BCUT2D eigenvalue weighted by Crippen LogP contribution is -2.42. The van der Waals surface area contributed by atoms with Crippen LogP contribution in [0.25, 0.3) is 0 Å². The number of benzene rings is 1. The fourth-order valence-corrected chi connectivity index (χ4v) is 3.49. The van der Waals surface area contributed by atoms with Crippen molar-refractivity contribution in [1.82, 2.24) is 15.3 Å². The van der Waals surface area contributed by atoms with Crippen molar-refractivity contribution < 1.29 is 13.9 Å². The number of hydrogen-bond acceptors (Lipinski definition) is 6. The Morgan fingerprint density at radius 1 is 1.24 bits per heavy atom. The highest BCUT2D eigenvalue weighted by atomic mass is 19.1. The highest BCUT2D eigenvalue weighted by Crippen LogP contribution is 2.22. The number of nitrogens with zero attached hydrogens (tertiary/aromatic N) is 3. The van der Waals surface area contributed by atoms with E-state index < -0.39 is 0 Å². The Morgan fingerprint density at radius 3 is 2.66 bits per heavy atom. The topological polar surface area (TPSA) is 79.4 Å². The molecule has 1 fully saturated rings. The monoisotopic (exact) mass is 401 g/mol. The van der Waals surface area contributed by atoms with E-state index in [1.54, 1.807) is 12.1 Å². The van der Waals surface area contributed by atoms with Crippen molar-refractivity contribution in [3.8, 4) is 5.75 Å². The number of anilines is 2. The molecule has 0 unspecified atom stereocenters. The second-order valence-corrected chi connectivity index (χ2v) is 7.60. The SMILES string of the molecule is Cc1cnc(N[C@H]2CC[C@@H](NC(=O)COc3cccc(F)c3)CC2)nc1N(C)C. The van der Waals surface area contributed by atoms with Gasteiger partial charge in [-0.05, 0) is 44.7 Å². The second-order valence-electron chi connectivity index (χ2n) is 7.60. The Kier molecular flexibility index (Phi) is 6.85. The van der Waals surface area contributed by atoms with Gasteiger partial charge in [0.25, 0.3) is 5.91 Å². The van der Waals surface area contributed by atoms with Gasteiger partial charge in [-0.2, -0.15) is 4.98 Å². The molecule has 2 N–H and O–H groups in total. The van der Waals surface area contributed by atoms with Crippen LogP contribution in [0.3, 0.4) is 0 Å². The van der Waals surface area contributed by atoms with Gasteiger partial charge in [-0.3, -0.25) is 4.79 Å². The van der Waals surface area contributed by atoms with Gasteiger partial charge in [-0.25, -0.2) is 9.37 Å². The van der Waals surface area contributed by atoms with Gasteiger partial charge >= 0.3 is 0 Å². The van der Waals surface area contributed by atoms with E-state index in [2.05, 4.69) is 20.6 Å². The summed E-state index contributed by atoms with van der Waals surface area (Å²) in [6, 6.07) is 6.18.